The maximum absolute atomic E-state index is 13.8. The van der Waals surface area contributed by atoms with Crippen molar-refractivity contribution in [2.24, 2.45) is 5.73 Å². The van der Waals surface area contributed by atoms with Crippen LogP contribution in [-0.4, -0.2) is 45.9 Å². The van der Waals surface area contributed by atoms with Gasteiger partial charge in [-0.2, -0.15) is 13.2 Å². The predicted molar refractivity (Wildman–Crippen MR) is 103 cm³/mol. The highest BCUT2D eigenvalue weighted by atomic mass is 19.4. The number of benzene rings is 1. The molecule has 0 radical (unpaired) electrons. The summed E-state index contributed by atoms with van der Waals surface area (Å²) in [4.78, 5) is 21.4. The van der Waals surface area contributed by atoms with Gasteiger partial charge in [0.05, 0.1) is 0 Å². The fraction of sp³-hybridized carbons (Fsp3) is 0.450. The Morgan fingerprint density at radius 3 is 2.66 bits per heavy atom. The first-order valence-electron chi connectivity index (χ1n) is 9.87. The number of nitrogens with one attached hydrogen (secondary N) is 1. The van der Waals surface area contributed by atoms with Gasteiger partial charge in [-0.15, -0.1) is 0 Å². The number of hydrogen-bond donors (Lipinski definition) is 2. The first kappa shape index (κ1) is 23.8. The molecule has 2 atom stereocenters. The third-order valence-electron chi connectivity index (χ3n) is 5.15. The molecule has 1 saturated heterocycles. The van der Waals surface area contributed by atoms with Gasteiger partial charge in [-0.05, 0) is 37.0 Å². The Labute approximate surface area is 179 Å². The van der Waals surface area contributed by atoms with E-state index in [-0.39, 0.29) is 42.8 Å². The van der Waals surface area contributed by atoms with E-state index in [1.165, 1.54) is 0 Å². The Hall–Kier alpha value is -2.89. The maximum atomic E-state index is 13.8. The number of alkyl halides is 3. The van der Waals surface area contributed by atoms with Crippen molar-refractivity contribution in [2.75, 3.05) is 18.4 Å². The van der Waals surface area contributed by atoms with Crippen molar-refractivity contribution in [1.29, 1.82) is 0 Å². The monoisotopic (exact) mass is 461 g/mol. The van der Waals surface area contributed by atoms with E-state index < -0.39 is 35.4 Å². The number of likely N-dealkylation sites (tertiary alicyclic amines) is 1. The molecule has 1 amide bonds. The van der Waals surface area contributed by atoms with Crippen molar-refractivity contribution in [3.8, 4) is 0 Å². The SMILES string of the molecule is N[C@@H](CC(=O)N1CCC[C@H]1CNc1nccc(C(F)(F)F)n1)Cc1cc(F)c(F)cc1F. The lowest BCUT2D eigenvalue weighted by Gasteiger charge is -2.26. The van der Waals surface area contributed by atoms with Gasteiger partial charge >= 0.3 is 6.18 Å². The number of amides is 1. The largest absolute Gasteiger partial charge is 0.433 e. The molecule has 2 aromatic rings. The topological polar surface area (TPSA) is 84.1 Å². The predicted octanol–water partition coefficient (Wildman–Crippen LogP) is 3.28. The summed E-state index contributed by atoms with van der Waals surface area (Å²) in [6, 6.07) is 0.758. The number of hydrogen-bond acceptors (Lipinski definition) is 5. The van der Waals surface area contributed by atoms with Crippen molar-refractivity contribution >= 4 is 11.9 Å². The van der Waals surface area contributed by atoms with Crippen molar-refractivity contribution in [3.63, 3.8) is 0 Å². The van der Waals surface area contributed by atoms with Gasteiger partial charge in [0.2, 0.25) is 11.9 Å². The summed E-state index contributed by atoms with van der Waals surface area (Å²) in [5.74, 6) is -3.99. The van der Waals surface area contributed by atoms with Gasteiger partial charge in [-0.1, -0.05) is 0 Å². The van der Waals surface area contributed by atoms with Crippen LogP contribution in [0, 0.1) is 17.5 Å². The highest BCUT2D eigenvalue weighted by Gasteiger charge is 2.33. The van der Waals surface area contributed by atoms with Crippen LogP contribution in [0.3, 0.4) is 0 Å². The Kier molecular flexibility index (Phi) is 7.22. The minimum atomic E-state index is -4.60. The summed E-state index contributed by atoms with van der Waals surface area (Å²) < 4.78 is 78.5. The normalized spacial score (nSPS) is 17.5. The molecule has 1 fully saturated rings. The van der Waals surface area contributed by atoms with Crippen LogP contribution < -0.4 is 11.1 Å². The quantitative estimate of drug-likeness (QED) is 0.489. The first-order valence-corrected chi connectivity index (χ1v) is 9.87. The molecule has 0 unspecified atom stereocenters. The number of halogens is 6. The average Bonchev–Trinajstić information content (AvgIpc) is 3.19. The van der Waals surface area contributed by atoms with E-state index in [4.69, 9.17) is 5.73 Å². The van der Waals surface area contributed by atoms with Crippen LogP contribution in [0.1, 0.15) is 30.5 Å². The van der Waals surface area contributed by atoms with Crippen LogP contribution in [0.4, 0.5) is 32.3 Å². The smallest absolute Gasteiger partial charge is 0.352 e. The fourth-order valence-electron chi connectivity index (χ4n) is 3.60. The molecular formula is C20H21F6N5O. The second-order valence-electron chi connectivity index (χ2n) is 7.55. The van der Waals surface area contributed by atoms with Crippen LogP contribution in [0.25, 0.3) is 0 Å². The second kappa shape index (κ2) is 9.72. The summed E-state index contributed by atoms with van der Waals surface area (Å²) >= 11 is 0. The molecule has 1 aliphatic heterocycles. The van der Waals surface area contributed by atoms with Crippen molar-refractivity contribution in [1.82, 2.24) is 14.9 Å². The zero-order chi connectivity index (χ0) is 23.5. The van der Waals surface area contributed by atoms with Gasteiger partial charge in [-0.25, -0.2) is 23.1 Å². The van der Waals surface area contributed by atoms with E-state index in [0.717, 1.165) is 12.3 Å². The lowest BCUT2D eigenvalue weighted by Crippen LogP contribution is -2.42. The molecule has 1 aromatic heterocycles. The summed E-state index contributed by atoms with van der Waals surface area (Å²) in [6.45, 7) is 0.570. The Morgan fingerprint density at radius 1 is 1.22 bits per heavy atom. The van der Waals surface area contributed by atoms with E-state index in [1.54, 1.807) is 4.90 Å². The van der Waals surface area contributed by atoms with Gasteiger partial charge in [0.15, 0.2) is 11.6 Å². The Balaban J connectivity index is 1.57. The molecule has 1 aliphatic rings. The standard InChI is InChI=1S/C20H21F6N5O/c21-14-9-16(23)15(22)7-11(14)6-12(27)8-18(32)31-5-1-2-13(31)10-29-19-28-4-3-17(30-19)20(24,25)26/h3-4,7,9,12-13H,1-2,5-6,8,10,27H2,(H,28,29,30)/t12-,13+/m1/s1. The Morgan fingerprint density at radius 2 is 1.94 bits per heavy atom. The lowest BCUT2D eigenvalue weighted by molar-refractivity contribution is -0.141. The number of carbonyl (C=O) groups excluding carboxylic acids is 1. The molecular weight excluding hydrogens is 440 g/mol. The van der Waals surface area contributed by atoms with E-state index in [0.29, 0.717) is 31.5 Å². The first-order chi connectivity index (χ1) is 15.0. The van der Waals surface area contributed by atoms with Crippen LogP contribution in [-0.2, 0) is 17.4 Å². The third kappa shape index (κ3) is 5.87. The fourth-order valence-corrected chi connectivity index (χ4v) is 3.60. The number of rotatable bonds is 7. The second-order valence-corrected chi connectivity index (χ2v) is 7.55. The molecule has 32 heavy (non-hydrogen) atoms. The molecule has 0 bridgehead atoms. The van der Waals surface area contributed by atoms with Crippen molar-refractivity contribution in [2.45, 2.75) is 43.9 Å². The van der Waals surface area contributed by atoms with Gasteiger partial charge < -0.3 is 16.0 Å². The maximum Gasteiger partial charge on any atom is 0.433 e. The summed E-state index contributed by atoms with van der Waals surface area (Å²) in [7, 11) is 0. The van der Waals surface area contributed by atoms with Gasteiger partial charge in [-0.3, -0.25) is 4.79 Å². The highest BCUT2D eigenvalue weighted by Crippen LogP contribution is 2.27. The number of carbonyl (C=O) groups is 1. The molecule has 0 aliphatic carbocycles. The highest BCUT2D eigenvalue weighted by molar-refractivity contribution is 5.77. The lowest BCUT2D eigenvalue weighted by atomic mass is 10.0. The van der Waals surface area contributed by atoms with E-state index in [2.05, 4.69) is 15.3 Å². The van der Waals surface area contributed by atoms with E-state index in [9.17, 15) is 31.1 Å². The van der Waals surface area contributed by atoms with Gasteiger partial charge in [0.1, 0.15) is 11.5 Å². The Bertz CT molecular complexity index is 970. The molecule has 174 valence electrons. The molecule has 0 spiro atoms. The van der Waals surface area contributed by atoms with Gasteiger partial charge in [0, 0.05) is 43.9 Å². The summed E-state index contributed by atoms with van der Waals surface area (Å²) in [6.07, 6.45) is -2.62. The van der Waals surface area contributed by atoms with Crippen LogP contribution in [0.15, 0.2) is 24.4 Å². The van der Waals surface area contributed by atoms with Gasteiger partial charge in [0.25, 0.3) is 0 Å². The number of nitrogens with zero attached hydrogens (tertiary/aromatic N) is 3. The molecule has 0 saturated carbocycles. The molecule has 3 N–H and O–H groups in total. The van der Waals surface area contributed by atoms with Crippen molar-refractivity contribution in [3.05, 3.63) is 53.1 Å². The molecule has 3 rings (SSSR count). The molecule has 1 aromatic carbocycles. The minimum absolute atomic E-state index is 0.134. The third-order valence-corrected chi connectivity index (χ3v) is 5.15. The van der Waals surface area contributed by atoms with Crippen molar-refractivity contribution < 1.29 is 31.1 Å². The average molecular weight is 461 g/mol. The molecule has 2 heterocycles. The summed E-state index contributed by atoms with van der Waals surface area (Å²) in [5.41, 5.74) is 4.71. The zero-order valence-corrected chi connectivity index (χ0v) is 16.8. The van der Waals surface area contributed by atoms with Crippen LogP contribution >= 0.6 is 0 Å². The van der Waals surface area contributed by atoms with Crippen LogP contribution in [0.5, 0.6) is 0 Å². The van der Waals surface area contributed by atoms with Crippen LogP contribution in [0.2, 0.25) is 0 Å². The number of aromatic nitrogens is 2. The minimum Gasteiger partial charge on any atom is -0.352 e. The van der Waals surface area contributed by atoms with E-state index >= 15 is 0 Å². The molecule has 12 heteroatoms. The number of nitrogens with two attached hydrogens (primary N) is 1. The van der Waals surface area contributed by atoms with E-state index in [1.807, 2.05) is 0 Å². The number of anilines is 1. The molecule has 6 nitrogen and oxygen atoms in total. The zero-order valence-electron chi connectivity index (χ0n) is 16.8. The summed E-state index contributed by atoms with van der Waals surface area (Å²) in [5, 5.41) is 2.72.